The highest BCUT2D eigenvalue weighted by molar-refractivity contribution is 5.64. The Morgan fingerprint density at radius 2 is 1.38 bits per heavy atom. The quantitative estimate of drug-likeness (QED) is 0.557. The first-order valence-electron chi connectivity index (χ1n) is 10.3. The molecule has 4 nitrogen and oxygen atoms in total. The SMILES string of the molecule is c1ccc(CN(c2ccccc2)c2ccc(OCCN3CCOCC3)cc2)cc1. The van der Waals surface area contributed by atoms with Crippen molar-refractivity contribution in [2.45, 2.75) is 6.54 Å². The van der Waals surface area contributed by atoms with Crippen molar-refractivity contribution in [1.29, 1.82) is 0 Å². The fraction of sp³-hybridized carbons (Fsp3) is 0.280. The van der Waals surface area contributed by atoms with Crippen molar-refractivity contribution in [3.8, 4) is 5.75 Å². The molecule has 0 atom stereocenters. The second-order valence-electron chi connectivity index (χ2n) is 7.20. The number of hydrogen-bond acceptors (Lipinski definition) is 4. The highest BCUT2D eigenvalue weighted by Gasteiger charge is 2.12. The van der Waals surface area contributed by atoms with Crippen LogP contribution < -0.4 is 9.64 Å². The summed E-state index contributed by atoms with van der Waals surface area (Å²) in [5.41, 5.74) is 3.61. The van der Waals surface area contributed by atoms with Crippen LogP contribution in [0.3, 0.4) is 0 Å². The van der Waals surface area contributed by atoms with Crippen molar-refractivity contribution < 1.29 is 9.47 Å². The molecule has 0 amide bonds. The Bertz CT molecular complexity index is 847. The fourth-order valence-electron chi connectivity index (χ4n) is 3.55. The Morgan fingerprint density at radius 3 is 2.07 bits per heavy atom. The normalized spacial score (nSPS) is 14.5. The molecular weight excluding hydrogens is 360 g/mol. The summed E-state index contributed by atoms with van der Waals surface area (Å²) >= 11 is 0. The van der Waals surface area contributed by atoms with Gasteiger partial charge in [0.05, 0.1) is 13.2 Å². The third-order valence-corrected chi connectivity index (χ3v) is 5.18. The molecule has 4 rings (SSSR count). The molecule has 0 unspecified atom stereocenters. The van der Waals surface area contributed by atoms with Crippen molar-refractivity contribution in [3.63, 3.8) is 0 Å². The van der Waals surface area contributed by atoms with Gasteiger partial charge in [-0.1, -0.05) is 48.5 Å². The Balaban J connectivity index is 1.42. The van der Waals surface area contributed by atoms with Crippen LogP contribution in [-0.2, 0) is 11.3 Å². The number of hydrogen-bond donors (Lipinski definition) is 0. The van der Waals surface area contributed by atoms with E-state index >= 15 is 0 Å². The van der Waals surface area contributed by atoms with Crippen molar-refractivity contribution >= 4 is 11.4 Å². The number of para-hydroxylation sites is 1. The molecule has 1 aliphatic rings. The molecular formula is C25H28N2O2. The Hall–Kier alpha value is -2.82. The van der Waals surface area contributed by atoms with Crippen LogP contribution in [0.1, 0.15) is 5.56 Å². The minimum absolute atomic E-state index is 0.700. The predicted molar refractivity (Wildman–Crippen MR) is 118 cm³/mol. The number of ether oxygens (including phenoxy) is 2. The molecule has 0 aliphatic carbocycles. The molecule has 4 heteroatoms. The molecule has 29 heavy (non-hydrogen) atoms. The molecule has 1 heterocycles. The number of anilines is 2. The van der Waals surface area contributed by atoms with Gasteiger partial charge < -0.3 is 14.4 Å². The Kier molecular flexibility index (Phi) is 6.79. The van der Waals surface area contributed by atoms with Gasteiger partial charge in [0, 0.05) is 37.6 Å². The van der Waals surface area contributed by atoms with Crippen LogP contribution >= 0.6 is 0 Å². The average Bonchev–Trinajstić information content (AvgIpc) is 2.80. The van der Waals surface area contributed by atoms with Gasteiger partial charge in [0.15, 0.2) is 0 Å². The van der Waals surface area contributed by atoms with Gasteiger partial charge in [-0.25, -0.2) is 0 Å². The van der Waals surface area contributed by atoms with E-state index in [2.05, 4.69) is 94.7 Å². The monoisotopic (exact) mass is 388 g/mol. The zero-order valence-corrected chi connectivity index (χ0v) is 16.7. The molecule has 0 aromatic heterocycles. The van der Waals surface area contributed by atoms with E-state index in [1.807, 2.05) is 0 Å². The van der Waals surface area contributed by atoms with Crippen LogP contribution in [-0.4, -0.2) is 44.4 Å². The zero-order chi connectivity index (χ0) is 19.7. The van der Waals surface area contributed by atoms with Gasteiger partial charge in [0.1, 0.15) is 12.4 Å². The second kappa shape index (κ2) is 10.1. The maximum Gasteiger partial charge on any atom is 0.119 e. The van der Waals surface area contributed by atoms with Crippen molar-refractivity contribution in [2.75, 3.05) is 44.4 Å². The van der Waals surface area contributed by atoms with Crippen molar-refractivity contribution in [2.24, 2.45) is 0 Å². The van der Waals surface area contributed by atoms with E-state index in [-0.39, 0.29) is 0 Å². The highest BCUT2D eigenvalue weighted by atomic mass is 16.5. The van der Waals surface area contributed by atoms with Gasteiger partial charge in [0.2, 0.25) is 0 Å². The third kappa shape index (κ3) is 5.59. The van der Waals surface area contributed by atoms with E-state index in [9.17, 15) is 0 Å². The van der Waals surface area contributed by atoms with Crippen LogP contribution in [0.4, 0.5) is 11.4 Å². The van der Waals surface area contributed by atoms with Gasteiger partial charge in [-0.15, -0.1) is 0 Å². The van der Waals surface area contributed by atoms with Gasteiger partial charge in [-0.05, 0) is 42.0 Å². The van der Waals surface area contributed by atoms with Gasteiger partial charge in [0.25, 0.3) is 0 Å². The van der Waals surface area contributed by atoms with Crippen LogP contribution in [0.2, 0.25) is 0 Å². The summed E-state index contributed by atoms with van der Waals surface area (Å²) < 4.78 is 11.4. The van der Waals surface area contributed by atoms with E-state index in [1.54, 1.807) is 0 Å². The maximum absolute atomic E-state index is 5.97. The molecule has 0 saturated carbocycles. The highest BCUT2D eigenvalue weighted by Crippen LogP contribution is 2.29. The minimum Gasteiger partial charge on any atom is -0.492 e. The second-order valence-corrected chi connectivity index (χ2v) is 7.20. The average molecular weight is 389 g/mol. The lowest BCUT2D eigenvalue weighted by molar-refractivity contribution is 0.0322. The van der Waals surface area contributed by atoms with E-state index in [1.165, 1.54) is 11.3 Å². The van der Waals surface area contributed by atoms with E-state index in [0.29, 0.717) is 6.61 Å². The summed E-state index contributed by atoms with van der Waals surface area (Å²) in [7, 11) is 0. The molecule has 0 spiro atoms. The zero-order valence-electron chi connectivity index (χ0n) is 16.7. The molecule has 3 aromatic carbocycles. The Morgan fingerprint density at radius 1 is 0.759 bits per heavy atom. The van der Waals surface area contributed by atoms with Crippen molar-refractivity contribution in [3.05, 3.63) is 90.5 Å². The summed E-state index contributed by atoms with van der Waals surface area (Å²) in [5, 5.41) is 0. The smallest absolute Gasteiger partial charge is 0.119 e. The molecule has 150 valence electrons. The van der Waals surface area contributed by atoms with Crippen LogP contribution in [0, 0.1) is 0 Å². The molecule has 0 radical (unpaired) electrons. The van der Waals surface area contributed by atoms with E-state index < -0.39 is 0 Å². The summed E-state index contributed by atoms with van der Waals surface area (Å²) in [6.45, 7) is 6.10. The predicted octanol–water partition coefficient (Wildman–Crippen LogP) is 4.74. The lowest BCUT2D eigenvalue weighted by atomic mass is 10.1. The topological polar surface area (TPSA) is 24.9 Å². The van der Waals surface area contributed by atoms with E-state index in [0.717, 1.165) is 50.8 Å². The molecule has 1 saturated heterocycles. The molecule has 1 fully saturated rings. The lowest BCUT2D eigenvalue weighted by Gasteiger charge is -2.27. The first-order chi connectivity index (χ1) is 14.4. The van der Waals surface area contributed by atoms with Crippen LogP contribution in [0.25, 0.3) is 0 Å². The molecule has 0 bridgehead atoms. The fourth-order valence-corrected chi connectivity index (χ4v) is 3.55. The van der Waals surface area contributed by atoms with Crippen molar-refractivity contribution in [1.82, 2.24) is 4.90 Å². The summed E-state index contributed by atoms with van der Waals surface area (Å²) in [4.78, 5) is 4.71. The van der Waals surface area contributed by atoms with Crippen LogP contribution in [0.5, 0.6) is 5.75 Å². The van der Waals surface area contributed by atoms with Gasteiger partial charge in [-0.3, -0.25) is 4.90 Å². The molecule has 1 aliphatic heterocycles. The number of nitrogens with zero attached hydrogens (tertiary/aromatic N) is 2. The first kappa shape index (κ1) is 19.5. The van der Waals surface area contributed by atoms with Crippen LogP contribution in [0.15, 0.2) is 84.9 Å². The van der Waals surface area contributed by atoms with Gasteiger partial charge >= 0.3 is 0 Å². The molecule has 3 aromatic rings. The number of rotatable bonds is 8. The first-order valence-corrected chi connectivity index (χ1v) is 10.3. The number of benzene rings is 3. The summed E-state index contributed by atoms with van der Waals surface area (Å²) in [6.07, 6.45) is 0. The van der Waals surface area contributed by atoms with Gasteiger partial charge in [-0.2, -0.15) is 0 Å². The lowest BCUT2D eigenvalue weighted by Crippen LogP contribution is -2.38. The van der Waals surface area contributed by atoms with E-state index in [4.69, 9.17) is 9.47 Å². The minimum atomic E-state index is 0.700. The molecule has 0 N–H and O–H groups in total. The summed E-state index contributed by atoms with van der Waals surface area (Å²) in [6, 6.07) is 29.5. The number of morpholine rings is 1. The standard InChI is InChI=1S/C25H28N2O2/c1-3-7-22(8-4-1)21-27(23-9-5-2-6-10-23)24-11-13-25(14-12-24)29-20-17-26-15-18-28-19-16-26/h1-14H,15-21H2. The largest absolute Gasteiger partial charge is 0.492 e. The third-order valence-electron chi connectivity index (χ3n) is 5.18. The maximum atomic E-state index is 5.97. The Labute approximate surface area is 173 Å². The summed E-state index contributed by atoms with van der Waals surface area (Å²) in [5.74, 6) is 0.912.